The minimum Gasteiger partial charge on any atom is -0.484 e. The van der Waals surface area contributed by atoms with E-state index in [1.54, 1.807) is 24.3 Å². The molecular formula is C23H22N2O3. The van der Waals surface area contributed by atoms with Crippen molar-refractivity contribution >= 4 is 34.4 Å². The summed E-state index contributed by atoms with van der Waals surface area (Å²) in [5.74, 6) is 0.179. The van der Waals surface area contributed by atoms with Crippen LogP contribution in [0.25, 0.3) is 16.8 Å². The van der Waals surface area contributed by atoms with Gasteiger partial charge in [0.1, 0.15) is 5.75 Å². The fourth-order valence-corrected chi connectivity index (χ4v) is 2.78. The Balaban J connectivity index is 1.58. The Bertz CT molecular complexity index is 989. The van der Waals surface area contributed by atoms with E-state index >= 15 is 0 Å². The quantitative estimate of drug-likeness (QED) is 0.614. The number of rotatable bonds is 7. The maximum atomic E-state index is 12.2. The summed E-state index contributed by atoms with van der Waals surface area (Å²) in [6.45, 7) is 2.39. The zero-order chi connectivity index (χ0) is 19.8. The monoisotopic (exact) mass is 374 g/mol. The Morgan fingerprint density at radius 3 is 2.50 bits per heavy atom. The molecule has 2 amide bonds. The van der Waals surface area contributed by atoms with Crippen LogP contribution < -0.4 is 15.4 Å². The summed E-state index contributed by atoms with van der Waals surface area (Å²) < 4.78 is 5.39. The summed E-state index contributed by atoms with van der Waals surface area (Å²) >= 11 is 0. The highest BCUT2D eigenvalue weighted by Crippen LogP contribution is 2.20. The largest absolute Gasteiger partial charge is 0.484 e. The van der Waals surface area contributed by atoms with Gasteiger partial charge in [-0.2, -0.15) is 0 Å². The van der Waals surface area contributed by atoms with Crippen molar-refractivity contribution in [2.75, 3.05) is 18.5 Å². The lowest BCUT2D eigenvalue weighted by Gasteiger charge is -2.07. The topological polar surface area (TPSA) is 67.4 Å². The van der Waals surface area contributed by atoms with Crippen molar-refractivity contribution < 1.29 is 14.3 Å². The first-order chi connectivity index (χ1) is 13.7. The van der Waals surface area contributed by atoms with E-state index in [0.717, 1.165) is 16.3 Å². The molecule has 0 bridgehead atoms. The van der Waals surface area contributed by atoms with Gasteiger partial charge in [0.25, 0.3) is 5.91 Å². The van der Waals surface area contributed by atoms with Crippen LogP contribution in [0.2, 0.25) is 0 Å². The lowest BCUT2D eigenvalue weighted by molar-refractivity contribution is -0.123. The Kier molecular flexibility index (Phi) is 6.41. The highest BCUT2D eigenvalue weighted by molar-refractivity contribution is 6.03. The number of carbonyl (C=O) groups is 2. The molecular weight excluding hydrogens is 352 g/mol. The van der Waals surface area contributed by atoms with Gasteiger partial charge in [0.2, 0.25) is 5.91 Å². The van der Waals surface area contributed by atoms with Gasteiger partial charge < -0.3 is 15.4 Å². The number of benzene rings is 3. The van der Waals surface area contributed by atoms with Crippen LogP contribution >= 0.6 is 0 Å². The van der Waals surface area contributed by atoms with E-state index in [-0.39, 0.29) is 18.4 Å². The highest BCUT2D eigenvalue weighted by atomic mass is 16.5. The van der Waals surface area contributed by atoms with E-state index in [0.29, 0.717) is 18.0 Å². The van der Waals surface area contributed by atoms with Crippen LogP contribution in [-0.4, -0.2) is 25.0 Å². The minimum atomic E-state index is -0.219. The molecule has 5 nitrogen and oxygen atoms in total. The van der Waals surface area contributed by atoms with E-state index < -0.39 is 0 Å². The molecule has 0 saturated heterocycles. The maximum Gasteiger partial charge on any atom is 0.257 e. The highest BCUT2D eigenvalue weighted by Gasteiger charge is 2.03. The van der Waals surface area contributed by atoms with Gasteiger partial charge in [-0.1, -0.05) is 42.5 Å². The molecule has 0 unspecified atom stereocenters. The average molecular weight is 374 g/mol. The summed E-state index contributed by atoms with van der Waals surface area (Å²) in [5.41, 5.74) is 1.64. The van der Waals surface area contributed by atoms with Crippen LogP contribution in [0.15, 0.2) is 72.8 Å². The molecule has 3 aromatic carbocycles. The molecule has 0 spiro atoms. The molecule has 0 aromatic heterocycles. The van der Waals surface area contributed by atoms with Crippen LogP contribution in [0.3, 0.4) is 0 Å². The van der Waals surface area contributed by atoms with E-state index in [1.807, 2.05) is 55.5 Å². The van der Waals surface area contributed by atoms with Gasteiger partial charge in [-0.3, -0.25) is 9.59 Å². The van der Waals surface area contributed by atoms with Gasteiger partial charge in [0.15, 0.2) is 6.61 Å². The number of nitrogens with one attached hydrogen (secondary N) is 2. The standard InChI is InChI=1S/C23H22N2O3/c1-2-24-23(27)16-28-20-13-11-19(12-14-20)25-22(26)15-10-18-8-5-7-17-6-3-4-9-21(17)18/h3-15H,2,16H2,1H3,(H,24,27)(H,25,26)/b15-10+. The number of amides is 2. The number of carbonyl (C=O) groups excluding carboxylic acids is 2. The summed E-state index contributed by atoms with van der Waals surface area (Å²) in [5, 5.41) is 7.71. The predicted molar refractivity (Wildman–Crippen MR) is 112 cm³/mol. The smallest absolute Gasteiger partial charge is 0.257 e. The second-order valence-corrected chi connectivity index (χ2v) is 6.16. The molecule has 2 N–H and O–H groups in total. The minimum absolute atomic E-state index is 0.0344. The predicted octanol–water partition coefficient (Wildman–Crippen LogP) is 4.01. The molecule has 0 saturated carbocycles. The van der Waals surface area contributed by atoms with Gasteiger partial charge in [0, 0.05) is 18.3 Å². The number of ether oxygens (including phenoxy) is 1. The van der Waals surface area contributed by atoms with Crippen molar-refractivity contribution in [3.05, 3.63) is 78.4 Å². The average Bonchev–Trinajstić information content (AvgIpc) is 2.72. The first kappa shape index (κ1) is 19.2. The van der Waals surface area contributed by atoms with Gasteiger partial charge in [-0.15, -0.1) is 0 Å². The van der Waals surface area contributed by atoms with E-state index in [2.05, 4.69) is 10.6 Å². The third-order valence-corrected chi connectivity index (χ3v) is 4.10. The number of hydrogen-bond donors (Lipinski definition) is 2. The number of fused-ring (bicyclic) bond motifs is 1. The second kappa shape index (κ2) is 9.37. The van der Waals surface area contributed by atoms with Crippen LogP contribution in [0.5, 0.6) is 5.75 Å². The lowest BCUT2D eigenvalue weighted by Crippen LogP contribution is -2.28. The molecule has 0 atom stereocenters. The van der Waals surface area contributed by atoms with Gasteiger partial charge in [-0.05, 0) is 53.6 Å². The maximum absolute atomic E-state index is 12.2. The summed E-state index contributed by atoms with van der Waals surface area (Å²) in [7, 11) is 0. The SMILES string of the molecule is CCNC(=O)COc1ccc(NC(=O)/C=C/c2cccc3ccccc23)cc1. The zero-order valence-corrected chi connectivity index (χ0v) is 15.6. The first-order valence-corrected chi connectivity index (χ1v) is 9.12. The van der Waals surface area contributed by atoms with Gasteiger partial charge >= 0.3 is 0 Å². The summed E-state index contributed by atoms with van der Waals surface area (Å²) in [4.78, 5) is 23.6. The molecule has 0 fully saturated rings. The van der Waals surface area contributed by atoms with Crippen LogP contribution in [-0.2, 0) is 9.59 Å². The van der Waals surface area contributed by atoms with Crippen molar-refractivity contribution in [2.24, 2.45) is 0 Å². The fourth-order valence-electron chi connectivity index (χ4n) is 2.78. The van der Waals surface area contributed by atoms with Gasteiger partial charge in [-0.25, -0.2) is 0 Å². The molecule has 5 heteroatoms. The van der Waals surface area contributed by atoms with Crippen LogP contribution in [0.1, 0.15) is 12.5 Å². The zero-order valence-electron chi connectivity index (χ0n) is 15.6. The molecule has 0 aliphatic rings. The molecule has 0 aliphatic heterocycles. The Hall–Kier alpha value is -3.60. The molecule has 0 radical (unpaired) electrons. The normalized spacial score (nSPS) is 10.8. The molecule has 0 heterocycles. The van der Waals surface area contributed by atoms with E-state index in [4.69, 9.17) is 4.74 Å². The number of hydrogen-bond acceptors (Lipinski definition) is 3. The number of anilines is 1. The summed E-state index contributed by atoms with van der Waals surface area (Å²) in [6.07, 6.45) is 3.32. The van der Waals surface area contributed by atoms with Crippen LogP contribution in [0, 0.1) is 0 Å². The fraction of sp³-hybridized carbons (Fsp3) is 0.130. The summed E-state index contributed by atoms with van der Waals surface area (Å²) in [6, 6.07) is 20.9. The Morgan fingerprint density at radius 1 is 0.964 bits per heavy atom. The Morgan fingerprint density at radius 2 is 1.71 bits per heavy atom. The Labute approximate surface area is 164 Å². The van der Waals surface area contributed by atoms with Gasteiger partial charge in [0.05, 0.1) is 0 Å². The van der Waals surface area contributed by atoms with E-state index in [1.165, 1.54) is 6.08 Å². The third-order valence-electron chi connectivity index (χ3n) is 4.10. The molecule has 3 rings (SSSR count). The first-order valence-electron chi connectivity index (χ1n) is 9.12. The lowest BCUT2D eigenvalue weighted by atomic mass is 10.0. The second-order valence-electron chi connectivity index (χ2n) is 6.16. The number of likely N-dealkylation sites (N-methyl/N-ethyl adjacent to an activating group) is 1. The molecule has 142 valence electrons. The molecule has 3 aromatic rings. The third kappa shape index (κ3) is 5.20. The van der Waals surface area contributed by atoms with E-state index in [9.17, 15) is 9.59 Å². The van der Waals surface area contributed by atoms with Crippen molar-refractivity contribution in [3.63, 3.8) is 0 Å². The van der Waals surface area contributed by atoms with Crippen LogP contribution in [0.4, 0.5) is 5.69 Å². The molecule has 28 heavy (non-hydrogen) atoms. The van der Waals surface area contributed by atoms with Crippen molar-refractivity contribution in [3.8, 4) is 5.75 Å². The van der Waals surface area contributed by atoms with Crippen molar-refractivity contribution in [1.29, 1.82) is 0 Å². The van der Waals surface area contributed by atoms with Crippen molar-refractivity contribution in [2.45, 2.75) is 6.92 Å². The van der Waals surface area contributed by atoms with Crippen molar-refractivity contribution in [1.82, 2.24) is 5.32 Å². The molecule has 0 aliphatic carbocycles.